The number of thioether (sulfide) groups is 1. The summed E-state index contributed by atoms with van der Waals surface area (Å²) in [4.78, 5) is 135. The summed E-state index contributed by atoms with van der Waals surface area (Å²) in [6.07, 6.45) is 3.18. The molecule has 0 bridgehead atoms. The number of alkyl carbamates (subject to hydrolysis) is 1. The SMILES string of the molecule is CC(C)c1nc(CN(C)C(=O)N[C@H](C(=O)N[C@@H](Cc2ccccc2)C[C@H](O)[C@H](Cc2ccccc2)NC(=O)OCc2cncs2)C(C)C)cs1.Cc1cccc(C)c1OCC(=O)N[C@@H](Cc1ccccc1)[C@@H](O)C[C@H](Cc1ccccc1)NC(=O)[C@H](C(C)C)N1CCCNC1=O.Cc1cn([C@H]2C[C@H](N=[N+]=[N-])[C@@H](CO)O2)c(=O)[nH]c1=O.Nc1ccn([C@H]2CS[C@@H](CO)O2)c(=O)n1. The third-order valence-electron chi connectivity index (χ3n) is 21.6. The molecule has 12 rings (SSSR count). The van der Waals surface area contributed by atoms with E-state index in [0.717, 1.165) is 55.4 Å². The van der Waals surface area contributed by atoms with E-state index in [1.165, 1.54) is 43.3 Å². The molecule has 13 atom stereocenters. The molecule has 3 aliphatic heterocycles. The molecule has 3 aliphatic rings. The number of amides is 8. The predicted molar refractivity (Wildman–Crippen MR) is 497 cm³/mol. The molecule has 0 saturated carbocycles. The number of aliphatic hydroxyl groups is 4. The number of benzene rings is 5. The number of aryl methyl sites for hydroxylation is 3. The second-order valence-electron chi connectivity index (χ2n) is 33.0. The van der Waals surface area contributed by atoms with Crippen molar-refractivity contribution in [1.82, 2.24) is 70.8 Å². The van der Waals surface area contributed by atoms with E-state index < -0.39 is 89.9 Å². The van der Waals surface area contributed by atoms with Crippen molar-refractivity contribution in [2.24, 2.45) is 17.0 Å². The highest BCUT2D eigenvalue weighted by Gasteiger charge is 2.39. The Hall–Kier alpha value is -11.8. The van der Waals surface area contributed by atoms with E-state index in [4.69, 9.17) is 40.4 Å². The number of anilines is 1. The van der Waals surface area contributed by atoms with Gasteiger partial charge in [0.2, 0.25) is 11.8 Å². The summed E-state index contributed by atoms with van der Waals surface area (Å²) < 4.78 is 24.8. The van der Waals surface area contributed by atoms with Crippen molar-refractivity contribution in [3.63, 3.8) is 0 Å². The van der Waals surface area contributed by atoms with Crippen LogP contribution in [0.1, 0.15) is 140 Å². The molecule has 5 aromatic carbocycles. The maximum absolute atomic E-state index is 13.9. The lowest BCUT2D eigenvalue weighted by Crippen LogP contribution is -2.59. The standard InChI is InChI=1S/C37H48N6O5S2.C37H48N4O5.C10H13N5O4.C8H11N3O3S/c1-24(2)33(42-36(46)43(5)20-29-22-49-35(40-29)25(3)4)34(45)39-28(16-26-12-8-6-9-13-26)18-32(44)31(17-27-14-10-7-11-15-27)41-37(47)48-21-30-19-38-23-50-30;1-25(2)34(41-20-12-19-38-37(41)45)36(44)39-30(21-28-15-7-5-8-16-28)23-32(42)31(22-29-17-9-6-10-18-29)40-33(43)24-46-35-26(3)13-11-14-27(35)4;1-5-3-15(10(18)12-9(5)17)8-2-6(13-14-11)7(4-16)19-8;9-5-1-2-11(8(13)10-5)6-4-15-7(3-12)14-6/h6-15,19,22-25,28,31-33,44H,16-18,20-21H2,1-5H3,(H,39,45)(H,41,47)(H,42,46);5-11,13-18,25,30-32,34,42H,12,19-24H2,1-4H3,(H,38,45)(H,39,44)(H,40,43);3,6-8,16H,2,4H2,1H3,(H,12,17,18);1-2,6-7,12H,3-4H2,(H2,9,10,13)/t28-,31-,32-,33-;30-,31-,32-,34-;6-,7+,8+;6-,7+/m0001/s1. The van der Waals surface area contributed by atoms with Gasteiger partial charge in [-0.1, -0.05) is 186 Å². The first kappa shape index (κ1) is 102. The molecule has 8 amide bonds. The average molecular weight is 1850 g/mol. The minimum Gasteiger partial charge on any atom is -0.483 e. The summed E-state index contributed by atoms with van der Waals surface area (Å²) in [5.74, 6) is 0.491. The van der Waals surface area contributed by atoms with Crippen LogP contribution < -0.4 is 59.3 Å². The van der Waals surface area contributed by atoms with Gasteiger partial charge in [-0.2, -0.15) is 4.98 Å². The van der Waals surface area contributed by atoms with Crippen LogP contribution in [0.5, 0.6) is 5.75 Å². The smallest absolute Gasteiger partial charge is 0.407 e. The number of hydrogen-bond donors (Lipinski definition) is 12. The van der Waals surface area contributed by atoms with E-state index in [1.807, 2.05) is 186 Å². The fraction of sp³-hybridized carbons (Fsp3) is 0.457. The Morgan fingerprint density at radius 1 is 0.692 bits per heavy atom. The molecule has 0 unspecified atom stereocenters. The van der Waals surface area contributed by atoms with Crippen molar-refractivity contribution in [3.8, 4) is 5.75 Å². The molecule has 0 spiro atoms. The lowest BCUT2D eigenvalue weighted by Gasteiger charge is -2.37. The number of carbonyl (C=O) groups excluding carboxylic acids is 6. The number of nitrogens with zero attached hydrogens (tertiary/aromatic N) is 10. The summed E-state index contributed by atoms with van der Waals surface area (Å²) in [5, 5.41) is 65.8. The highest BCUT2D eigenvalue weighted by Crippen LogP contribution is 2.32. The van der Waals surface area contributed by atoms with Crippen LogP contribution in [-0.2, 0) is 67.4 Å². The van der Waals surface area contributed by atoms with Crippen molar-refractivity contribution in [2.75, 3.05) is 51.4 Å². The Morgan fingerprint density at radius 2 is 1.28 bits per heavy atom. The van der Waals surface area contributed by atoms with E-state index >= 15 is 0 Å². The number of nitrogen functional groups attached to an aromatic ring is 1. The summed E-state index contributed by atoms with van der Waals surface area (Å²) in [6, 6.07) is 41.1. The summed E-state index contributed by atoms with van der Waals surface area (Å²) in [7, 11) is 1.68. The topological polar surface area (TPSA) is 489 Å². The molecule has 698 valence electrons. The quantitative estimate of drug-likeness (QED) is 0.00979. The van der Waals surface area contributed by atoms with Crippen LogP contribution in [0.3, 0.4) is 0 Å². The number of urea groups is 2. The van der Waals surface area contributed by atoms with Crippen molar-refractivity contribution in [1.29, 1.82) is 0 Å². The maximum atomic E-state index is 13.9. The average Bonchev–Trinajstić information content (AvgIpc) is 1.72. The number of nitrogens with two attached hydrogens (primary N) is 1. The Kier molecular flexibility index (Phi) is 40.4. The molecule has 3 fully saturated rings. The van der Waals surface area contributed by atoms with Gasteiger partial charge in [0, 0.05) is 84.8 Å². The van der Waals surface area contributed by atoms with Crippen LogP contribution in [0.25, 0.3) is 10.4 Å². The summed E-state index contributed by atoms with van der Waals surface area (Å²) >= 11 is 4.42. The highest BCUT2D eigenvalue weighted by molar-refractivity contribution is 8.00. The van der Waals surface area contributed by atoms with Gasteiger partial charge in [-0.3, -0.25) is 38.3 Å². The fourth-order valence-corrected chi connectivity index (χ4v) is 17.1. The lowest BCUT2D eigenvalue weighted by molar-refractivity contribution is -0.128. The second-order valence-corrected chi connectivity index (χ2v) is 36.0. The van der Waals surface area contributed by atoms with Crippen LogP contribution in [0.4, 0.5) is 20.2 Å². The zero-order chi connectivity index (χ0) is 93.9. The number of rotatable bonds is 37. The molecule has 38 heteroatoms. The van der Waals surface area contributed by atoms with Crippen molar-refractivity contribution in [2.45, 2.75) is 211 Å². The minimum absolute atomic E-state index is 0.0572. The first-order chi connectivity index (χ1) is 62.4. The van der Waals surface area contributed by atoms with Gasteiger partial charge in [-0.05, 0) is 123 Å². The van der Waals surface area contributed by atoms with Crippen LogP contribution in [0.2, 0.25) is 0 Å². The molecule has 4 aromatic heterocycles. The van der Waals surface area contributed by atoms with Gasteiger partial charge >= 0.3 is 29.5 Å². The number of aromatic nitrogens is 6. The molecule has 35 nitrogen and oxygen atoms in total. The zero-order valence-electron chi connectivity index (χ0n) is 74.7. The van der Waals surface area contributed by atoms with Crippen LogP contribution in [-0.4, -0.2) is 207 Å². The first-order valence-corrected chi connectivity index (χ1v) is 45.9. The Morgan fingerprint density at radius 3 is 1.79 bits per heavy atom. The van der Waals surface area contributed by atoms with E-state index in [9.17, 15) is 53.4 Å². The van der Waals surface area contributed by atoms with E-state index in [1.54, 1.807) is 54.2 Å². The first-order valence-electron chi connectivity index (χ1n) is 43.1. The van der Waals surface area contributed by atoms with Gasteiger partial charge in [0.15, 0.2) is 6.61 Å². The van der Waals surface area contributed by atoms with Gasteiger partial charge < -0.3 is 86.8 Å². The third kappa shape index (κ3) is 31.8. The summed E-state index contributed by atoms with van der Waals surface area (Å²) in [6.45, 7) is 18.1. The number of thiazole rings is 2. The summed E-state index contributed by atoms with van der Waals surface area (Å²) in [5.41, 5.74) is 20.6. The van der Waals surface area contributed by atoms with Crippen LogP contribution in [0, 0.1) is 32.6 Å². The number of aliphatic hydroxyl groups excluding tert-OH is 4. The van der Waals surface area contributed by atoms with Gasteiger partial charge in [-0.15, -0.1) is 34.4 Å². The Bertz CT molecular complexity index is 5280. The van der Waals surface area contributed by atoms with Crippen molar-refractivity contribution < 1.29 is 68.1 Å². The number of ether oxygens (including phenoxy) is 4. The number of azide groups is 1. The number of para-hydroxylation sites is 1. The van der Waals surface area contributed by atoms with Crippen LogP contribution in [0.15, 0.2) is 195 Å². The number of hydrogen-bond acceptors (Lipinski definition) is 25. The molecule has 130 heavy (non-hydrogen) atoms. The molecule has 3 saturated heterocycles. The minimum atomic E-state index is -1.05. The number of aromatic amines is 1. The lowest BCUT2D eigenvalue weighted by atomic mass is 9.92. The second kappa shape index (κ2) is 51.5. The van der Waals surface area contributed by atoms with E-state index in [2.05, 4.69) is 75.7 Å². The molecule has 13 N–H and O–H groups in total. The zero-order valence-corrected chi connectivity index (χ0v) is 77.1. The molecule has 0 radical (unpaired) electrons. The number of H-pyrrole nitrogens is 1. The van der Waals surface area contributed by atoms with Gasteiger partial charge in [-0.25, -0.2) is 29.0 Å². The fourth-order valence-electron chi connectivity index (χ4n) is 14.9. The Balaban J connectivity index is 0.000000216. The molecule has 7 heterocycles. The molecule has 9 aromatic rings. The van der Waals surface area contributed by atoms with Gasteiger partial charge in [0.1, 0.15) is 48.1 Å². The number of nitrogens with one attached hydrogen (secondary N) is 7. The van der Waals surface area contributed by atoms with Gasteiger partial charge in [0.05, 0.1) is 77.3 Å². The molecular weight excluding hydrogens is 1730 g/mol. The molecular formula is C92H120N18O17S3. The normalized spacial score (nSPS) is 17.6. The number of carbonyl (C=O) groups is 6. The predicted octanol–water partition coefficient (Wildman–Crippen LogP) is 9.44. The van der Waals surface area contributed by atoms with Crippen molar-refractivity contribution >= 4 is 76.1 Å². The van der Waals surface area contributed by atoms with Gasteiger partial charge in [0.25, 0.3) is 11.5 Å². The monoisotopic (exact) mass is 1840 g/mol. The Labute approximate surface area is 767 Å². The van der Waals surface area contributed by atoms with Crippen LogP contribution >= 0.6 is 34.4 Å². The largest absolute Gasteiger partial charge is 0.483 e. The van der Waals surface area contributed by atoms with Crippen molar-refractivity contribution in [3.05, 3.63) is 271 Å². The molecule has 0 aliphatic carbocycles. The highest BCUT2D eigenvalue weighted by atomic mass is 32.2. The van der Waals surface area contributed by atoms with E-state index in [-0.39, 0.29) is 105 Å². The van der Waals surface area contributed by atoms with E-state index in [0.29, 0.717) is 68.3 Å². The third-order valence-corrected chi connectivity index (χ3v) is 24.7. The maximum Gasteiger partial charge on any atom is 0.407 e.